The van der Waals surface area contributed by atoms with Gasteiger partial charge >= 0.3 is 0 Å². The molecular formula is C16H16ClFN2O2. The summed E-state index contributed by atoms with van der Waals surface area (Å²) >= 11 is 5.84. The van der Waals surface area contributed by atoms with E-state index in [4.69, 9.17) is 16.3 Å². The number of hydrogen-bond donors (Lipinski definition) is 2. The van der Waals surface area contributed by atoms with Crippen LogP contribution in [0.15, 0.2) is 36.5 Å². The van der Waals surface area contributed by atoms with Gasteiger partial charge in [-0.15, -0.1) is 0 Å². The maximum absolute atomic E-state index is 13.6. The Hall–Kier alpha value is -1.85. The van der Waals surface area contributed by atoms with Gasteiger partial charge in [0.05, 0.1) is 10.6 Å². The number of ether oxygens (including phenoxy) is 1. The summed E-state index contributed by atoms with van der Waals surface area (Å²) in [5, 5.41) is 3.50. The number of H-pyrrole nitrogens is 1. The zero-order valence-electron chi connectivity index (χ0n) is 11.9. The Balaban J connectivity index is 1.91. The van der Waals surface area contributed by atoms with E-state index in [9.17, 15) is 9.18 Å². The highest BCUT2D eigenvalue weighted by Crippen LogP contribution is 2.33. The number of carbonyl (C=O) groups is 1. The minimum atomic E-state index is -0.630. The van der Waals surface area contributed by atoms with Gasteiger partial charge in [0.15, 0.2) is 0 Å². The second kappa shape index (κ2) is 6.10. The molecule has 3 rings (SSSR count). The quantitative estimate of drug-likeness (QED) is 0.911. The van der Waals surface area contributed by atoms with Crippen molar-refractivity contribution in [3.8, 4) is 0 Å². The molecule has 1 amide bonds. The topological polar surface area (TPSA) is 54.1 Å². The molecule has 0 aliphatic carbocycles. The molecule has 2 aromatic rings. The van der Waals surface area contributed by atoms with Gasteiger partial charge in [-0.25, -0.2) is 4.39 Å². The lowest BCUT2D eigenvalue weighted by molar-refractivity contribution is 0.0343. The van der Waals surface area contributed by atoms with Crippen LogP contribution < -0.4 is 5.32 Å². The van der Waals surface area contributed by atoms with E-state index in [-0.39, 0.29) is 11.7 Å². The molecule has 1 aliphatic rings. The first-order chi connectivity index (χ1) is 10.6. The van der Waals surface area contributed by atoms with Crippen molar-refractivity contribution in [1.82, 2.24) is 10.3 Å². The second-order valence-corrected chi connectivity index (χ2v) is 5.83. The van der Waals surface area contributed by atoms with Gasteiger partial charge in [0.25, 0.3) is 5.91 Å². The van der Waals surface area contributed by atoms with Gasteiger partial charge in [-0.1, -0.05) is 23.7 Å². The highest BCUT2D eigenvalue weighted by atomic mass is 35.5. The van der Waals surface area contributed by atoms with Gasteiger partial charge in [-0.3, -0.25) is 4.79 Å². The molecule has 0 spiro atoms. The van der Waals surface area contributed by atoms with Crippen LogP contribution in [0.25, 0.3) is 0 Å². The van der Waals surface area contributed by atoms with Crippen molar-refractivity contribution in [1.29, 1.82) is 0 Å². The number of hydrogen-bond acceptors (Lipinski definition) is 2. The number of aromatic nitrogens is 1. The summed E-state index contributed by atoms with van der Waals surface area (Å²) in [5.41, 5.74) is 0.503. The van der Waals surface area contributed by atoms with Crippen molar-refractivity contribution >= 4 is 17.5 Å². The molecule has 0 saturated carbocycles. The Morgan fingerprint density at radius 1 is 1.32 bits per heavy atom. The van der Waals surface area contributed by atoms with Crippen LogP contribution in [-0.4, -0.2) is 24.1 Å². The van der Waals surface area contributed by atoms with Crippen molar-refractivity contribution in [2.45, 2.75) is 18.4 Å². The number of carbonyl (C=O) groups excluding carboxylic acids is 1. The summed E-state index contributed by atoms with van der Waals surface area (Å²) in [7, 11) is 0. The number of rotatable bonds is 3. The van der Waals surface area contributed by atoms with Crippen LogP contribution in [0.4, 0.5) is 4.39 Å². The normalized spacial score (nSPS) is 17.2. The zero-order valence-corrected chi connectivity index (χ0v) is 12.6. The fraction of sp³-hybridized carbons (Fsp3) is 0.312. The molecule has 1 saturated heterocycles. The fourth-order valence-corrected chi connectivity index (χ4v) is 2.94. The third-order valence-corrected chi connectivity index (χ3v) is 4.19. The molecule has 116 valence electrons. The summed E-state index contributed by atoms with van der Waals surface area (Å²) in [6.07, 6.45) is 2.74. The molecule has 0 atom stereocenters. The van der Waals surface area contributed by atoms with Crippen LogP contribution in [0.3, 0.4) is 0 Å². The second-order valence-electron chi connectivity index (χ2n) is 5.39. The molecule has 22 heavy (non-hydrogen) atoms. The first-order valence-electron chi connectivity index (χ1n) is 7.09. The predicted octanol–water partition coefficient (Wildman–Crippen LogP) is 3.24. The summed E-state index contributed by atoms with van der Waals surface area (Å²) in [5.74, 6) is -0.585. The van der Waals surface area contributed by atoms with Crippen molar-refractivity contribution in [2.24, 2.45) is 0 Å². The number of amides is 1. The van der Waals surface area contributed by atoms with Crippen molar-refractivity contribution in [3.63, 3.8) is 0 Å². The lowest BCUT2D eigenvalue weighted by Gasteiger charge is -2.38. The molecule has 1 aromatic carbocycles. The standard InChI is InChI=1S/C16H16ClFN2O2/c17-12-9-14(19-10-12)15(21)20-16(4-6-22-7-5-16)11-2-1-3-13(18)8-11/h1-3,8-10,19H,4-7H2,(H,20,21). The molecule has 0 unspecified atom stereocenters. The Bertz CT molecular complexity index is 680. The smallest absolute Gasteiger partial charge is 0.268 e. The summed E-state index contributed by atoms with van der Waals surface area (Å²) in [4.78, 5) is 15.3. The highest BCUT2D eigenvalue weighted by Gasteiger charge is 2.36. The van der Waals surface area contributed by atoms with Gasteiger partial charge < -0.3 is 15.0 Å². The molecule has 0 bridgehead atoms. The van der Waals surface area contributed by atoms with E-state index in [0.29, 0.717) is 36.8 Å². The number of benzene rings is 1. The van der Waals surface area contributed by atoms with E-state index >= 15 is 0 Å². The van der Waals surface area contributed by atoms with Crippen LogP contribution in [0, 0.1) is 5.82 Å². The lowest BCUT2D eigenvalue weighted by atomic mass is 9.82. The first kappa shape index (κ1) is 15.1. The van der Waals surface area contributed by atoms with E-state index in [0.717, 1.165) is 5.56 Å². The Morgan fingerprint density at radius 3 is 2.73 bits per heavy atom. The van der Waals surface area contributed by atoms with Gasteiger partial charge in [0.2, 0.25) is 0 Å². The van der Waals surface area contributed by atoms with Crippen molar-refractivity contribution in [2.75, 3.05) is 13.2 Å². The van der Waals surface area contributed by atoms with E-state index in [1.54, 1.807) is 18.3 Å². The maximum atomic E-state index is 13.6. The molecule has 2 N–H and O–H groups in total. The molecule has 0 radical (unpaired) electrons. The third-order valence-electron chi connectivity index (χ3n) is 3.97. The van der Waals surface area contributed by atoms with E-state index in [2.05, 4.69) is 10.3 Å². The van der Waals surface area contributed by atoms with Gasteiger partial charge in [0, 0.05) is 19.4 Å². The number of aromatic amines is 1. The summed E-state index contributed by atoms with van der Waals surface area (Å²) in [6, 6.07) is 7.90. The molecule has 1 fully saturated rings. The molecule has 2 heterocycles. The summed E-state index contributed by atoms with van der Waals surface area (Å²) in [6.45, 7) is 1.03. The Kier molecular flexibility index (Phi) is 4.18. The number of nitrogens with one attached hydrogen (secondary N) is 2. The predicted molar refractivity (Wildman–Crippen MR) is 81.4 cm³/mol. The molecular weight excluding hydrogens is 307 g/mol. The van der Waals surface area contributed by atoms with E-state index in [1.165, 1.54) is 12.1 Å². The molecule has 1 aromatic heterocycles. The molecule has 6 heteroatoms. The average molecular weight is 323 g/mol. The molecule has 1 aliphatic heterocycles. The van der Waals surface area contributed by atoms with E-state index < -0.39 is 5.54 Å². The minimum absolute atomic E-state index is 0.266. The summed E-state index contributed by atoms with van der Waals surface area (Å²) < 4.78 is 19.0. The van der Waals surface area contributed by atoms with Crippen LogP contribution in [0.5, 0.6) is 0 Å². The monoisotopic (exact) mass is 322 g/mol. The maximum Gasteiger partial charge on any atom is 0.268 e. The molecule has 4 nitrogen and oxygen atoms in total. The average Bonchev–Trinajstić information content (AvgIpc) is 2.95. The van der Waals surface area contributed by atoms with E-state index in [1.807, 2.05) is 6.07 Å². The largest absolute Gasteiger partial charge is 0.381 e. The van der Waals surface area contributed by atoms with Gasteiger partial charge in [0.1, 0.15) is 11.5 Å². The van der Waals surface area contributed by atoms with Crippen LogP contribution in [0.2, 0.25) is 5.02 Å². The van der Waals surface area contributed by atoms with Crippen LogP contribution >= 0.6 is 11.6 Å². The number of halogens is 2. The minimum Gasteiger partial charge on any atom is -0.381 e. The van der Waals surface area contributed by atoms with Crippen LogP contribution in [-0.2, 0) is 10.3 Å². The fourth-order valence-electron chi connectivity index (χ4n) is 2.78. The highest BCUT2D eigenvalue weighted by molar-refractivity contribution is 6.30. The van der Waals surface area contributed by atoms with Crippen LogP contribution in [0.1, 0.15) is 28.9 Å². The van der Waals surface area contributed by atoms with Gasteiger partial charge in [-0.05, 0) is 36.6 Å². The third kappa shape index (κ3) is 3.00. The van der Waals surface area contributed by atoms with Crippen molar-refractivity contribution in [3.05, 3.63) is 58.6 Å². The zero-order chi connectivity index (χ0) is 15.6. The Morgan fingerprint density at radius 2 is 2.09 bits per heavy atom. The van der Waals surface area contributed by atoms with Gasteiger partial charge in [-0.2, -0.15) is 0 Å². The first-order valence-corrected chi connectivity index (χ1v) is 7.47. The lowest BCUT2D eigenvalue weighted by Crippen LogP contribution is -2.49. The Labute approximate surface area is 132 Å². The van der Waals surface area contributed by atoms with Crippen molar-refractivity contribution < 1.29 is 13.9 Å². The SMILES string of the molecule is O=C(NC1(c2cccc(F)c2)CCOCC1)c1cc(Cl)c[nH]1.